The maximum Gasteiger partial charge on any atom is 0.312 e. The van der Waals surface area contributed by atoms with Gasteiger partial charge in [0.25, 0.3) is 23.6 Å². The van der Waals surface area contributed by atoms with E-state index in [0.717, 1.165) is 17.7 Å². The summed E-state index contributed by atoms with van der Waals surface area (Å²) in [5.74, 6) is -6.38. The first-order chi connectivity index (χ1) is 47.6. The Balaban J connectivity index is 1.59. The highest BCUT2D eigenvalue weighted by Gasteiger charge is 2.29. The van der Waals surface area contributed by atoms with E-state index in [1.807, 2.05) is 0 Å². The van der Waals surface area contributed by atoms with Crippen molar-refractivity contribution in [2.24, 2.45) is 0 Å². The molecule has 99 heavy (non-hydrogen) atoms. The summed E-state index contributed by atoms with van der Waals surface area (Å²) in [5, 5.41) is 23.6. The number of nitrogens with zero attached hydrogens (tertiary/aromatic N) is 1. The molecule has 0 aliphatic carbocycles. The number of carbonyl (C=O) groups excluding carboxylic acids is 9. The number of hydrogen-bond donors (Lipinski definition) is 4. The lowest BCUT2D eigenvalue weighted by Gasteiger charge is -2.20. The third-order valence-corrected chi connectivity index (χ3v) is 13.9. The van der Waals surface area contributed by atoms with Crippen LogP contribution in [0.4, 0.5) is 28.4 Å². The lowest BCUT2D eigenvalue weighted by molar-refractivity contribution is -0.385. The number of hydrogen-bond acceptors (Lipinski definition) is 25. The Bertz CT molecular complexity index is 3650. The van der Waals surface area contributed by atoms with Crippen LogP contribution >= 0.6 is 0 Å². The van der Waals surface area contributed by atoms with Gasteiger partial charge in [0, 0.05) is 74.2 Å². The molecule has 0 unspecified atom stereocenters. The number of amides is 4. The van der Waals surface area contributed by atoms with E-state index in [-0.39, 0.29) is 210 Å². The van der Waals surface area contributed by atoms with Crippen molar-refractivity contribution in [3.05, 3.63) is 105 Å². The average molecular weight is 1380 g/mol. The molecular weight excluding hydrogens is 1300 g/mol. The topological polar surface area (TPSA) is 374 Å². The van der Waals surface area contributed by atoms with Crippen molar-refractivity contribution in [2.75, 3.05) is 116 Å². The third kappa shape index (κ3) is 24.8. The van der Waals surface area contributed by atoms with Crippen molar-refractivity contribution in [3.8, 4) is 51.7 Å². The molecular formula is C69H85N5O25. The van der Waals surface area contributed by atoms with E-state index >= 15 is 4.79 Å². The molecule has 0 heterocycles. The van der Waals surface area contributed by atoms with Crippen molar-refractivity contribution >= 4 is 81.9 Å². The Kier molecular flexibility index (Phi) is 32.7. The lowest BCUT2D eigenvalue weighted by Crippen LogP contribution is -2.20. The number of methoxy groups -OCH3 is 4. The number of anilines is 4. The minimum Gasteiger partial charge on any atom is -0.496 e. The number of ether oxygens (including phenoxy) is 14. The molecule has 5 aromatic rings. The van der Waals surface area contributed by atoms with Gasteiger partial charge in [-0.2, -0.15) is 0 Å². The molecule has 0 aromatic heterocycles. The van der Waals surface area contributed by atoms with Gasteiger partial charge in [-0.1, -0.05) is 0 Å². The Hall–Kier alpha value is -11.1. The maximum atomic E-state index is 15.0. The van der Waals surface area contributed by atoms with E-state index in [1.165, 1.54) is 64.8 Å². The summed E-state index contributed by atoms with van der Waals surface area (Å²) in [6.45, 7) is 10.4. The fraction of sp³-hybridized carbons (Fsp3) is 0.435. The van der Waals surface area contributed by atoms with E-state index in [0.29, 0.717) is 17.9 Å². The van der Waals surface area contributed by atoms with Crippen molar-refractivity contribution in [3.63, 3.8) is 0 Å². The van der Waals surface area contributed by atoms with Crippen LogP contribution in [0.5, 0.6) is 51.7 Å². The molecule has 0 atom stereocenters. The summed E-state index contributed by atoms with van der Waals surface area (Å²) >= 11 is 0. The van der Waals surface area contributed by atoms with E-state index in [1.54, 1.807) is 59.7 Å². The quantitative estimate of drug-likeness (QED) is 0.00926. The van der Waals surface area contributed by atoms with Gasteiger partial charge in [0.15, 0.2) is 0 Å². The molecule has 5 rings (SSSR count). The Morgan fingerprint density at radius 2 is 0.657 bits per heavy atom. The van der Waals surface area contributed by atoms with Crippen molar-refractivity contribution in [1.29, 1.82) is 0 Å². The molecule has 4 amide bonds. The third-order valence-electron chi connectivity index (χ3n) is 13.9. The summed E-state index contributed by atoms with van der Waals surface area (Å²) in [4.78, 5) is 132. The number of aryl methyl sites for hydroxylation is 1. The number of nitrogens with one attached hydrogen (secondary N) is 4. The number of nitro benzene ring substituents is 1. The van der Waals surface area contributed by atoms with Crippen molar-refractivity contribution in [1.82, 2.24) is 0 Å². The van der Waals surface area contributed by atoms with Crippen LogP contribution in [-0.4, -0.2) is 153 Å². The number of benzene rings is 5. The molecule has 30 nitrogen and oxygen atoms in total. The number of nitro groups is 1. The Morgan fingerprint density at radius 1 is 0.354 bits per heavy atom. The van der Waals surface area contributed by atoms with Crippen LogP contribution < -0.4 is 63.9 Å². The van der Waals surface area contributed by atoms with Crippen molar-refractivity contribution < 1.29 is 114 Å². The minimum atomic E-state index is -1.01. The molecule has 0 radical (unpaired) electrons. The zero-order valence-electron chi connectivity index (χ0n) is 57.1. The summed E-state index contributed by atoms with van der Waals surface area (Å²) < 4.78 is 77.8. The molecule has 4 N–H and O–H groups in total. The second-order valence-electron chi connectivity index (χ2n) is 21.1. The number of rotatable bonds is 43. The highest BCUT2D eigenvalue weighted by Crippen LogP contribution is 2.41. The standard InChI is InChI=1S/C69H85N5O25/c1-11-90-61(75)21-16-26-95-44-32-42(6)31-43(33-44)70-66(80)45-34-49(57(88-9)38-53(45)86-7)71-68(82)47-36-51(59(98-29-19-24-64(78)93-14-4)40-55(47)96-27-17-22-62(76)91-12-2)73-67(81)46-35-50(58(89-10)39-54(46)87-8)72-69(83)48-37-52(74(84)85)60(99-30-20-25-65(79)94-15-5)41-56(48)97-28-18-23-63(77)92-13-3/h31-41H,11-30H2,1-10H3,(H,70,80)(H,71,82)(H,72,83)(H,73,81). The van der Waals surface area contributed by atoms with Gasteiger partial charge in [0.2, 0.25) is 5.75 Å². The molecule has 0 aliphatic heterocycles. The predicted octanol–water partition coefficient (Wildman–Crippen LogP) is 10.6. The summed E-state index contributed by atoms with van der Waals surface area (Å²) in [6.07, 6.45) is 0.724. The smallest absolute Gasteiger partial charge is 0.312 e. The highest BCUT2D eigenvalue weighted by atomic mass is 16.6. The van der Waals surface area contributed by atoms with Gasteiger partial charge in [-0.05, 0) is 110 Å². The van der Waals surface area contributed by atoms with Crippen LogP contribution in [0, 0.1) is 17.0 Å². The van der Waals surface area contributed by atoms with Crippen LogP contribution in [0.1, 0.15) is 146 Å². The Labute approximate surface area is 572 Å². The first kappa shape index (κ1) is 78.6. The Morgan fingerprint density at radius 3 is 1.02 bits per heavy atom. The summed E-state index contributed by atoms with van der Waals surface area (Å²) in [5.41, 5.74) is -0.969. The fourth-order valence-corrected chi connectivity index (χ4v) is 9.37. The van der Waals surface area contributed by atoms with Crippen LogP contribution in [0.2, 0.25) is 0 Å². The molecule has 0 saturated heterocycles. The molecule has 536 valence electrons. The van der Waals surface area contributed by atoms with Gasteiger partial charge in [-0.25, -0.2) is 0 Å². The van der Waals surface area contributed by atoms with Gasteiger partial charge in [-0.15, -0.1) is 0 Å². The van der Waals surface area contributed by atoms with E-state index in [4.69, 9.17) is 66.3 Å². The predicted molar refractivity (Wildman–Crippen MR) is 358 cm³/mol. The first-order valence-electron chi connectivity index (χ1n) is 32.0. The SMILES string of the molecule is CCOC(=O)CCCOc1cc(C)cc(NC(=O)c2cc(NC(=O)c3cc(NC(=O)c4cc(NC(=O)c5cc([N+](=O)[O-])c(OCCCC(=O)OCC)cc5OCCCC(=O)OCC)c(OC)cc4OC)c(OCCCC(=O)OCC)cc3OCCCC(=O)OCC)c(OC)cc2OC)c1. The van der Waals surface area contributed by atoms with Gasteiger partial charge in [0.1, 0.15) is 46.0 Å². The number of carbonyl (C=O) groups is 9. The monoisotopic (exact) mass is 1380 g/mol. The van der Waals surface area contributed by atoms with Gasteiger partial charge in [0.05, 0.1) is 139 Å². The molecule has 0 saturated carbocycles. The zero-order chi connectivity index (χ0) is 72.4. The van der Waals surface area contributed by atoms with Gasteiger partial charge in [-0.3, -0.25) is 53.3 Å². The van der Waals surface area contributed by atoms with Crippen LogP contribution in [-0.2, 0) is 47.7 Å². The van der Waals surface area contributed by atoms with Crippen LogP contribution in [0.3, 0.4) is 0 Å². The van der Waals surface area contributed by atoms with E-state index in [9.17, 15) is 48.5 Å². The molecule has 0 spiro atoms. The van der Waals surface area contributed by atoms with Gasteiger partial charge < -0.3 is 87.6 Å². The second kappa shape index (κ2) is 41.1. The molecule has 0 bridgehead atoms. The molecule has 5 aromatic carbocycles. The normalized spacial score (nSPS) is 10.6. The maximum absolute atomic E-state index is 15.0. The second-order valence-corrected chi connectivity index (χ2v) is 21.1. The van der Waals surface area contributed by atoms with Gasteiger partial charge >= 0.3 is 35.5 Å². The first-order valence-corrected chi connectivity index (χ1v) is 32.0. The van der Waals surface area contributed by atoms with Crippen molar-refractivity contribution in [2.45, 2.75) is 106 Å². The largest absolute Gasteiger partial charge is 0.496 e. The molecule has 0 fully saturated rings. The molecule has 30 heteroatoms. The zero-order valence-corrected chi connectivity index (χ0v) is 57.1. The average Bonchev–Trinajstić information content (AvgIpc) is 0.799. The van der Waals surface area contributed by atoms with Crippen LogP contribution in [0.15, 0.2) is 66.7 Å². The van der Waals surface area contributed by atoms with E-state index in [2.05, 4.69) is 21.3 Å². The minimum absolute atomic E-state index is 0.0331. The fourth-order valence-electron chi connectivity index (χ4n) is 9.37. The lowest BCUT2D eigenvalue weighted by atomic mass is 10.1. The summed E-state index contributed by atoms with van der Waals surface area (Å²) in [7, 11) is 5.16. The highest BCUT2D eigenvalue weighted by molar-refractivity contribution is 6.13. The number of esters is 5. The van der Waals surface area contributed by atoms with Crippen LogP contribution in [0.25, 0.3) is 0 Å². The van der Waals surface area contributed by atoms with E-state index < -0.39 is 63.7 Å². The molecule has 0 aliphatic rings. The summed E-state index contributed by atoms with van der Waals surface area (Å²) in [6, 6.07) is 14.8.